The number of nitrogens with one attached hydrogen (secondary N) is 1. The number of likely N-dealkylation sites (tertiary alicyclic amines) is 1. The molecule has 0 spiro atoms. The number of hydrogen-bond donors (Lipinski definition) is 1. The zero-order chi connectivity index (χ0) is 19.3. The molecule has 0 aromatic heterocycles. The molecule has 2 amide bonds. The number of carbonyl (C=O) groups is 2. The Labute approximate surface area is 162 Å². The summed E-state index contributed by atoms with van der Waals surface area (Å²) in [7, 11) is 0. The highest BCUT2D eigenvalue weighted by Gasteiger charge is 2.59. The van der Waals surface area contributed by atoms with Crippen LogP contribution in [0.3, 0.4) is 0 Å². The summed E-state index contributed by atoms with van der Waals surface area (Å²) in [5, 5.41) is 3.60. The number of alkyl halides is 2. The summed E-state index contributed by atoms with van der Waals surface area (Å²) < 4.78 is 25.2. The van der Waals surface area contributed by atoms with Crippen molar-refractivity contribution >= 4 is 23.4 Å². The van der Waals surface area contributed by atoms with Gasteiger partial charge < -0.3 is 10.2 Å². The number of hydrogen-bond acceptors (Lipinski definition) is 2. The molecule has 146 valence electrons. The van der Waals surface area contributed by atoms with Crippen molar-refractivity contribution in [3.05, 3.63) is 34.3 Å². The molecule has 4 atom stereocenters. The van der Waals surface area contributed by atoms with Crippen LogP contribution in [0.5, 0.6) is 0 Å². The van der Waals surface area contributed by atoms with Crippen LogP contribution in [0.2, 0.25) is 5.02 Å². The number of benzene rings is 1. The van der Waals surface area contributed by atoms with Crippen LogP contribution in [0.1, 0.15) is 17.5 Å². The molecule has 1 aromatic rings. The van der Waals surface area contributed by atoms with Gasteiger partial charge in [0.2, 0.25) is 18.2 Å². The summed E-state index contributed by atoms with van der Waals surface area (Å²) in [5.74, 6) is -0.211. The van der Waals surface area contributed by atoms with Crippen LogP contribution in [0.25, 0.3) is 0 Å². The summed E-state index contributed by atoms with van der Waals surface area (Å²) in [4.78, 5) is 26.2. The second kappa shape index (κ2) is 7.04. The minimum atomic E-state index is -2.39. The summed E-state index contributed by atoms with van der Waals surface area (Å²) in [6.07, 6.45) is -1.81. The third kappa shape index (κ3) is 3.68. The Kier molecular flexibility index (Phi) is 4.87. The number of nitrogens with zero attached hydrogens (tertiary/aromatic N) is 1. The first-order valence-electron chi connectivity index (χ1n) is 9.44. The van der Waals surface area contributed by atoms with Gasteiger partial charge in [0.25, 0.3) is 0 Å². The molecule has 7 heteroatoms. The van der Waals surface area contributed by atoms with Crippen molar-refractivity contribution in [2.24, 2.45) is 29.6 Å². The third-order valence-electron chi connectivity index (χ3n) is 6.32. The van der Waals surface area contributed by atoms with E-state index in [2.05, 4.69) is 5.32 Å². The van der Waals surface area contributed by atoms with Gasteiger partial charge >= 0.3 is 0 Å². The Hall–Kier alpha value is -1.69. The van der Waals surface area contributed by atoms with Gasteiger partial charge in [0.05, 0.1) is 6.42 Å². The fourth-order valence-corrected chi connectivity index (χ4v) is 4.65. The summed E-state index contributed by atoms with van der Waals surface area (Å²) in [6.45, 7) is 3.79. The van der Waals surface area contributed by atoms with Gasteiger partial charge in [-0.1, -0.05) is 29.8 Å². The Morgan fingerprint density at radius 2 is 2.00 bits per heavy atom. The fourth-order valence-electron chi connectivity index (χ4n) is 4.46. The van der Waals surface area contributed by atoms with E-state index in [1.54, 1.807) is 4.90 Å². The molecule has 3 fully saturated rings. The van der Waals surface area contributed by atoms with Crippen molar-refractivity contribution in [2.75, 3.05) is 19.6 Å². The molecule has 0 radical (unpaired) electrons. The van der Waals surface area contributed by atoms with Gasteiger partial charge in [0.15, 0.2) is 0 Å². The van der Waals surface area contributed by atoms with Gasteiger partial charge in [-0.25, -0.2) is 8.78 Å². The fraction of sp³-hybridized carbons (Fsp3) is 0.600. The number of aryl methyl sites for hydroxylation is 1. The van der Waals surface area contributed by atoms with Crippen molar-refractivity contribution in [3.8, 4) is 0 Å². The average Bonchev–Trinajstić information content (AvgIpc) is 3.51. The molecule has 1 aromatic carbocycles. The minimum Gasteiger partial charge on any atom is -0.356 e. The zero-order valence-electron chi connectivity index (χ0n) is 15.1. The quantitative estimate of drug-likeness (QED) is 0.803. The second-order valence-electron chi connectivity index (χ2n) is 8.10. The van der Waals surface area contributed by atoms with E-state index in [-0.39, 0.29) is 18.2 Å². The van der Waals surface area contributed by atoms with Crippen LogP contribution in [0.4, 0.5) is 8.78 Å². The molecular formula is C20H23ClF2N2O2. The maximum atomic E-state index is 12.6. The molecule has 1 N–H and O–H groups in total. The van der Waals surface area contributed by atoms with Crippen LogP contribution in [-0.2, 0) is 16.0 Å². The number of piperidine rings is 1. The molecule has 4 rings (SSSR count). The van der Waals surface area contributed by atoms with Gasteiger partial charge in [-0.05, 0) is 42.2 Å². The molecule has 2 aliphatic carbocycles. The normalized spacial score (nSPS) is 31.0. The Morgan fingerprint density at radius 3 is 2.63 bits per heavy atom. The number of halogens is 3. The molecule has 1 aliphatic heterocycles. The predicted octanol–water partition coefficient (Wildman–Crippen LogP) is 2.91. The van der Waals surface area contributed by atoms with Crippen LogP contribution < -0.4 is 5.32 Å². The lowest BCUT2D eigenvalue weighted by atomic mass is 10.1. The number of amides is 2. The van der Waals surface area contributed by atoms with Crippen LogP contribution in [-0.4, -0.2) is 42.8 Å². The van der Waals surface area contributed by atoms with E-state index in [1.165, 1.54) is 0 Å². The lowest BCUT2D eigenvalue weighted by Gasteiger charge is -2.20. The van der Waals surface area contributed by atoms with E-state index < -0.39 is 18.3 Å². The van der Waals surface area contributed by atoms with E-state index in [9.17, 15) is 18.4 Å². The van der Waals surface area contributed by atoms with Gasteiger partial charge in [-0.15, -0.1) is 0 Å². The SMILES string of the molecule is Cc1cccc(CC(=O)NCC2C3CN(C(=O)[C@H]4C[C@@H]4C(F)F)CC23)c1Cl. The smallest absolute Gasteiger partial charge is 0.242 e. The Balaban J connectivity index is 1.20. The van der Waals surface area contributed by atoms with E-state index in [4.69, 9.17) is 11.6 Å². The number of rotatable bonds is 6. The van der Waals surface area contributed by atoms with Crippen LogP contribution in [0.15, 0.2) is 18.2 Å². The molecule has 2 unspecified atom stereocenters. The maximum absolute atomic E-state index is 12.6. The van der Waals surface area contributed by atoms with Crippen molar-refractivity contribution in [2.45, 2.75) is 26.2 Å². The summed E-state index contributed by atoms with van der Waals surface area (Å²) >= 11 is 6.23. The van der Waals surface area contributed by atoms with Crippen LogP contribution >= 0.6 is 11.6 Å². The predicted molar refractivity (Wildman–Crippen MR) is 97.6 cm³/mol. The van der Waals surface area contributed by atoms with Crippen molar-refractivity contribution in [3.63, 3.8) is 0 Å². The Bertz CT molecular complexity index is 760. The standard InChI is InChI=1S/C20H23ClF2N2O2/c1-10-3-2-4-11(18(10)21)5-17(26)24-7-14-15-8-25(9-16(14)15)20(27)13-6-12(13)19(22)23/h2-4,12-16,19H,5-9H2,1H3,(H,24,26)/t12-,13-,14?,15?,16?/m0/s1. The van der Waals surface area contributed by atoms with Gasteiger partial charge in [0, 0.05) is 36.5 Å². The second-order valence-corrected chi connectivity index (χ2v) is 8.48. The molecule has 0 bridgehead atoms. The van der Waals surface area contributed by atoms with E-state index in [0.717, 1.165) is 11.1 Å². The molecule has 4 nitrogen and oxygen atoms in total. The van der Waals surface area contributed by atoms with Gasteiger partial charge in [-0.2, -0.15) is 0 Å². The maximum Gasteiger partial charge on any atom is 0.242 e. The summed E-state index contributed by atoms with van der Waals surface area (Å²) in [5.41, 5.74) is 1.77. The first kappa shape index (κ1) is 18.7. The third-order valence-corrected chi connectivity index (χ3v) is 6.86. The highest BCUT2D eigenvalue weighted by atomic mass is 35.5. The van der Waals surface area contributed by atoms with E-state index in [1.807, 2.05) is 25.1 Å². The minimum absolute atomic E-state index is 0.0573. The Morgan fingerprint density at radius 1 is 1.30 bits per heavy atom. The molecule has 2 saturated carbocycles. The van der Waals surface area contributed by atoms with E-state index >= 15 is 0 Å². The number of carbonyl (C=O) groups excluding carboxylic acids is 2. The highest BCUT2D eigenvalue weighted by molar-refractivity contribution is 6.32. The first-order chi connectivity index (χ1) is 12.9. The highest BCUT2D eigenvalue weighted by Crippen LogP contribution is 2.53. The topological polar surface area (TPSA) is 49.4 Å². The molecule has 1 saturated heterocycles. The average molecular weight is 397 g/mol. The zero-order valence-corrected chi connectivity index (χ0v) is 15.9. The van der Waals surface area contributed by atoms with Crippen molar-refractivity contribution in [1.82, 2.24) is 10.2 Å². The van der Waals surface area contributed by atoms with Crippen LogP contribution in [0, 0.1) is 36.5 Å². The molecular weight excluding hydrogens is 374 g/mol. The monoisotopic (exact) mass is 396 g/mol. The number of fused-ring (bicyclic) bond motifs is 1. The summed E-state index contributed by atoms with van der Waals surface area (Å²) in [6, 6.07) is 5.65. The van der Waals surface area contributed by atoms with Gasteiger partial charge in [-0.3, -0.25) is 9.59 Å². The first-order valence-corrected chi connectivity index (χ1v) is 9.82. The van der Waals surface area contributed by atoms with Gasteiger partial charge in [0.1, 0.15) is 0 Å². The molecule has 27 heavy (non-hydrogen) atoms. The lowest BCUT2D eigenvalue weighted by Crippen LogP contribution is -2.35. The van der Waals surface area contributed by atoms with Crippen molar-refractivity contribution < 1.29 is 18.4 Å². The lowest BCUT2D eigenvalue weighted by molar-refractivity contribution is -0.133. The molecule has 3 aliphatic rings. The largest absolute Gasteiger partial charge is 0.356 e. The van der Waals surface area contributed by atoms with Crippen molar-refractivity contribution in [1.29, 1.82) is 0 Å². The van der Waals surface area contributed by atoms with E-state index in [0.29, 0.717) is 48.8 Å². The molecule has 1 heterocycles.